The van der Waals surface area contributed by atoms with Crippen molar-refractivity contribution in [1.82, 2.24) is 0 Å². The molecule has 4 heteroatoms. The highest BCUT2D eigenvalue weighted by molar-refractivity contribution is 6.33. The fourth-order valence-electron chi connectivity index (χ4n) is 1.51. The molecule has 0 saturated carbocycles. The minimum absolute atomic E-state index is 0.0756. The molecule has 2 N–H and O–H groups in total. The molecule has 0 spiro atoms. The van der Waals surface area contributed by atoms with E-state index in [0.29, 0.717) is 16.5 Å². The van der Waals surface area contributed by atoms with E-state index in [1.807, 2.05) is 20.8 Å². The Bertz CT molecular complexity index is 438. The lowest BCUT2D eigenvalue weighted by atomic mass is 9.84. The predicted octanol–water partition coefficient (Wildman–Crippen LogP) is 3.87. The summed E-state index contributed by atoms with van der Waals surface area (Å²) in [5.41, 5.74) is 6.68. The van der Waals surface area contributed by atoms with E-state index in [-0.39, 0.29) is 23.7 Å². The quantitative estimate of drug-likeness (QED) is 0.914. The van der Waals surface area contributed by atoms with Crippen LogP contribution in [0.25, 0.3) is 0 Å². The first-order valence-electron chi connectivity index (χ1n) is 5.91. The molecule has 0 aromatic heterocycles. The molecule has 18 heavy (non-hydrogen) atoms. The Morgan fingerprint density at radius 3 is 2.50 bits per heavy atom. The van der Waals surface area contributed by atoms with Crippen molar-refractivity contribution in [3.05, 3.63) is 33.8 Å². The lowest BCUT2D eigenvalue weighted by Gasteiger charge is -2.26. The van der Waals surface area contributed by atoms with Crippen molar-refractivity contribution in [1.29, 1.82) is 0 Å². The molecule has 0 aliphatic rings. The van der Waals surface area contributed by atoms with Crippen molar-refractivity contribution in [3.63, 3.8) is 0 Å². The van der Waals surface area contributed by atoms with Crippen LogP contribution in [0.2, 0.25) is 10.0 Å². The Hall–Kier alpha value is -0.570. The fourth-order valence-corrected chi connectivity index (χ4v) is 1.89. The zero-order valence-electron chi connectivity index (χ0n) is 11.0. The summed E-state index contributed by atoms with van der Waals surface area (Å²) in [5.74, 6) is 0.0848. The Balaban J connectivity index is 2.68. The van der Waals surface area contributed by atoms with Gasteiger partial charge in [0.05, 0.1) is 0 Å². The van der Waals surface area contributed by atoms with Gasteiger partial charge in [-0.3, -0.25) is 4.79 Å². The third-order valence-corrected chi connectivity index (χ3v) is 3.56. The van der Waals surface area contributed by atoms with Gasteiger partial charge in [0.1, 0.15) is 5.78 Å². The number of hydrogen-bond acceptors (Lipinski definition) is 2. The topological polar surface area (TPSA) is 43.1 Å². The van der Waals surface area contributed by atoms with Crippen LogP contribution in [0.3, 0.4) is 0 Å². The number of ketones is 1. The lowest BCUT2D eigenvalue weighted by Crippen LogP contribution is -2.37. The van der Waals surface area contributed by atoms with Gasteiger partial charge >= 0.3 is 0 Å². The van der Waals surface area contributed by atoms with Crippen LogP contribution in [-0.2, 0) is 11.2 Å². The first kappa shape index (κ1) is 15.5. The van der Waals surface area contributed by atoms with E-state index < -0.39 is 0 Å². The van der Waals surface area contributed by atoms with Gasteiger partial charge in [0.15, 0.2) is 0 Å². The molecule has 0 bridgehead atoms. The number of hydrogen-bond donors (Lipinski definition) is 1. The lowest BCUT2D eigenvalue weighted by molar-refractivity contribution is -0.119. The molecule has 0 aliphatic heterocycles. The van der Waals surface area contributed by atoms with Crippen LogP contribution in [-0.4, -0.2) is 11.8 Å². The third-order valence-electron chi connectivity index (χ3n) is 2.96. The predicted molar refractivity (Wildman–Crippen MR) is 77.2 cm³/mol. The van der Waals surface area contributed by atoms with E-state index in [0.717, 1.165) is 5.56 Å². The number of carbonyl (C=O) groups excluding carboxylic acids is 1. The maximum absolute atomic E-state index is 12.0. The van der Waals surface area contributed by atoms with Gasteiger partial charge < -0.3 is 5.73 Å². The normalized spacial score (nSPS) is 13.4. The van der Waals surface area contributed by atoms with E-state index in [1.54, 1.807) is 18.2 Å². The van der Waals surface area contributed by atoms with Crippen LogP contribution < -0.4 is 5.73 Å². The van der Waals surface area contributed by atoms with Gasteiger partial charge in [0.25, 0.3) is 0 Å². The molecule has 1 aromatic carbocycles. The molecule has 100 valence electrons. The SMILES string of the molecule is CC(C)(C)C(N)CC(=O)Cc1cc(Cl)ccc1Cl. The monoisotopic (exact) mass is 287 g/mol. The summed E-state index contributed by atoms with van der Waals surface area (Å²) in [6, 6.07) is 4.99. The number of halogens is 2. The second kappa shape index (κ2) is 6.05. The minimum atomic E-state index is -0.150. The molecule has 1 unspecified atom stereocenters. The molecule has 1 aromatic rings. The van der Waals surface area contributed by atoms with Gasteiger partial charge in [-0.05, 0) is 29.2 Å². The highest BCUT2D eigenvalue weighted by Gasteiger charge is 2.23. The second-order valence-corrected chi connectivity index (χ2v) is 6.47. The smallest absolute Gasteiger partial charge is 0.138 e. The molecule has 0 fully saturated rings. The maximum atomic E-state index is 12.0. The largest absolute Gasteiger partial charge is 0.327 e. The maximum Gasteiger partial charge on any atom is 0.138 e. The molecule has 0 amide bonds. The molecule has 0 radical (unpaired) electrons. The number of Topliss-reactive ketones (excluding diaryl/α,β-unsaturated/α-hetero) is 1. The first-order chi connectivity index (χ1) is 8.20. The third kappa shape index (κ3) is 4.60. The zero-order valence-corrected chi connectivity index (χ0v) is 12.5. The summed E-state index contributed by atoms with van der Waals surface area (Å²) >= 11 is 11.9. The highest BCUT2D eigenvalue weighted by Crippen LogP contribution is 2.24. The molecular weight excluding hydrogens is 269 g/mol. The van der Waals surface area contributed by atoms with Gasteiger partial charge in [-0.15, -0.1) is 0 Å². The molecule has 0 saturated heterocycles. The zero-order chi connectivity index (χ0) is 13.9. The summed E-state index contributed by atoms with van der Waals surface area (Å²) in [7, 11) is 0. The average molecular weight is 288 g/mol. The van der Waals surface area contributed by atoms with Crippen LogP contribution in [0.5, 0.6) is 0 Å². The minimum Gasteiger partial charge on any atom is -0.327 e. The van der Waals surface area contributed by atoms with E-state index in [4.69, 9.17) is 28.9 Å². The highest BCUT2D eigenvalue weighted by atomic mass is 35.5. The van der Waals surface area contributed by atoms with Crippen LogP contribution in [0.15, 0.2) is 18.2 Å². The summed E-state index contributed by atoms with van der Waals surface area (Å²) < 4.78 is 0. The summed E-state index contributed by atoms with van der Waals surface area (Å²) in [4.78, 5) is 12.0. The van der Waals surface area contributed by atoms with E-state index in [2.05, 4.69) is 0 Å². The number of benzene rings is 1. The number of rotatable bonds is 4. The molecule has 2 nitrogen and oxygen atoms in total. The Morgan fingerprint density at radius 1 is 1.33 bits per heavy atom. The molecule has 1 rings (SSSR count). The summed E-state index contributed by atoms with van der Waals surface area (Å²) in [5, 5.41) is 1.15. The number of nitrogens with two attached hydrogens (primary N) is 1. The standard InChI is InChI=1S/C14H19Cl2NO/c1-14(2,3)13(17)8-11(18)7-9-6-10(15)4-5-12(9)16/h4-6,13H,7-8,17H2,1-3H3. The first-order valence-corrected chi connectivity index (χ1v) is 6.67. The average Bonchev–Trinajstić information content (AvgIpc) is 2.22. The van der Waals surface area contributed by atoms with Crippen molar-refractivity contribution in [2.45, 2.75) is 39.7 Å². The van der Waals surface area contributed by atoms with Crippen LogP contribution in [0, 0.1) is 5.41 Å². The van der Waals surface area contributed by atoms with E-state index >= 15 is 0 Å². The fraction of sp³-hybridized carbons (Fsp3) is 0.500. The van der Waals surface area contributed by atoms with E-state index in [9.17, 15) is 4.79 Å². The van der Waals surface area contributed by atoms with Gasteiger partial charge in [-0.1, -0.05) is 44.0 Å². The Morgan fingerprint density at radius 2 is 1.94 bits per heavy atom. The van der Waals surface area contributed by atoms with Gasteiger partial charge in [0, 0.05) is 28.9 Å². The summed E-state index contributed by atoms with van der Waals surface area (Å²) in [6.45, 7) is 6.08. The van der Waals surface area contributed by atoms with Crippen molar-refractivity contribution in [3.8, 4) is 0 Å². The number of carbonyl (C=O) groups is 1. The molecule has 0 heterocycles. The van der Waals surface area contributed by atoms with Crippen molar-refractivity contribution >= 4 is 29.0 Å². The molecular formula is C14H19Cl2NO. The van der Waals surface area contributed by atoms with Crippen LogP contribution >= 0.6 is 23.2 Å². The van der Waals surface area contributed by atoms with Crippen molar-refractivity contribution in [2.24, 2.45) is 11.1 Å². The molecule has 1 atom stereocenters. The Labute approximate surface area is 118 Å². The second-order valence-electron chi connectivity index (χ2n) is 5.63. The van der Waals surface area contributed by atoms with Gasteiger partial charge in [-0.2, -0.15) is 0 Å². The van der Waals surface area contributed by atoms with E-state index in [1.165, 1.54) is 0 Å². The molecule has 0 aliphatic carbocycles. The van der Waals surface area contributed by atoms with Crippen LogP contribution in [0.1, 0.15) is 32.8 Å². The van der Waals surface area contributed by atoms with Crippen LogP contribution in [0.4, 0.5) is 0 Å². The van der Waals surface area contributed by atoms with Gasteiger partial charge in [0.2, 0.25) is 0 Å². The van der Waals surface area contributed by atoms with Crippen molar-refractivity contribution in [2.75, 3.05) is 0 Å². The summed E-state index contributed by atoms with van der Waals surface area (Å²) in [6.07, 6.45) is 0.634. The van der Waals surface area contributed by atoms with Crippen molar-refractivity contribution < 1.29 is 4.79 Å². The Kier molecular flexibility index (Phi) is 5.20. The van der Waals surface area contributed by atoms with Gasteiger partial charge in [-0.25, -0.2) is 0 Å².